The van der Waals surface area contributed by atoms with E-state index in [2.05, 4.69) is 15.6 Å². The minimum absolute atomic E-state index is 0.248. The number of carbonyl (C=O) groups excluding carboxylic acids is 3. The predicted octanol–water partition coefficient (Wildman–Crippen LogP) is 3.20. The van der Waals surface area contributed by atoms with E-state index in [1.807, 2.05) is 18.2 Å². The van der Waals surface area contributed by atoms with Crippen molar-refractivity contribution < 1.29 is 19.1 Å². The lowest BCUT2D eigenvalue weighted by Gasteiger charge is -2.31. The van der Waals surface area contributed by atoms with E-state index in [1.54, 1.807) is 29.3 Å². The molecule has 9 heteroatoms. The summed E-state index contributed by atoms with van der Waals surface area (Å²) in [5, 5.41) is 7.25. The van der Waals surface area contributed by atoms with Crippen LogP contribution in [-0.4, -0.2) is 47.5 Å². The van der Waals surface area contributed by atoms with Crippen LogP contribution in [0.3, 0.4) is 0 Å². The summed E-state index contributed by atoms with van der Waals surface area (Å²) < 4.78 is 5.07. The van der Waals surface area contributed by atoms with Crippen LogP contribution in [-0.2, 0) is 9.53 Å². The molecule has 3 amide bonds. The summed E-state index contributed by atoms with van der Waals surface area (Å²) in [5.74, 6) is -0.814. The zero-order valence-corrected chi connectivity index (χ0v) is 16.3. The number of thiazole rings is 1. The number of esters is 1. The number of nitrogens with zero attached hydrogens (tertiary/aromatic N) is 2. The number of aromatic nitrogens is 1. The van der Waals surface area contributed by atoms with Crippen LogP contribution in [0.15, 0.2) is 35.7 Å². The number of likely N-dealkylation sites (tertiary alicyclic amines) is 1. The number of urea groups is 1. The van der Waals surface area contributed by atoms with Crippen molar-refractivity contribution in [3.63, 3.8) is 0 Å². The van der Waals surface area contributed by atoms with Crippen molar-refractivity contribution >= 4 is 40.1 Å². The van der Waals surface area contributed by atoms with Crippen LogP contribution in [0.5, 0.6) is 0 Å². The fraction of sp³-hybridized carbons (Fsp3) is 0.368. The van der Waals surface area contributed by atoms with Crippen molar-refractivity contribution in [1.82, 2.24) is 9.88 Å². The van der Waals surface area contributed by atoms with Gasteiger partial charge in [0.15, 0.2) is 5.13 Å². The van der Waals surface area contributed by atoms with Gasteiger partial charge in [0.1, 0.15) is 5.69 Å². The molecule has 1 aromatic carbocycles. The van der Waals surface area contributed by atoms with Crippen LogP contribution >= 0.6 is 11.3 Å². The molecule has 1 unspecified atom stereocenters. The Kier molecular flexibility index (Phi) is 6.59. The van der Waals surface area contributed by atoms with Gasteiger partial charge in [-0.25, -0.2) is 9.78 Å². The van der Waals surface area contributed by atoms with Gasteiger partial charge in [-0.2, -0.15) is 0 Å². The van der Waals surface area contributed by atoms with E-state index >= 15 is 0 Å². The van der Waals surface area contributed by atoms with Crippen LogP contribution in [0.2, 0.25) is 0 Å². The Morgan fingerprint density at radius 2 is 2.04 bits per heavy atom. The van der Waals surface area contributed by atoms with Crippen molar-refractivity contribution in [3.8, 4) is 0 Å². The summed E-state index contributed by atoms with van der Waals surface area (Å²) in [7, 11) is 0. The van der Waals surface area contributed by atoms with Crippen LogP contribution in [0.1, 0.15) is 30.3 Å². The summed E-state index contributed by atoms with van der Waals surface area (Å²) in [6, 6.07) is 8.60. The Morgan fingerprint density at radius 1 is 1.25 bits per heavy atom. The lowest BCUT2D eigenvalue weighted by molar-refractivity contribution is -0.149. The van der Waals surface area contributed by atoms with Gasteiger partial charge < -0.3 is 15.0 Å². The van der Waals surface area contributed by atoms with Gasteiger partial charge >= 0.3 is 12.0 Å². The van der Waals surface area contributed by atoms with Crippen LogP contribution in [0, 0.1) is 5.92 Å². The van der Waals surface area contributed by atoms with E-state index in [0.29, 0.717) is 36.9 Å². The molecule has 1 saturated heterocycles. The molecule has 28 heavy (non-hydrogen) atoms. The molecule has 2 heterocycles. The minimum Gasteiger partial charge on any atom is -0.466 e. The zero-order valence-electron chi connectivity index (χ0n) is 15.5. The Balaban J connectivity index is 1.57. The van der Waals surface area contributed by atoms with Gasteiger partial charge in [-0.05, 0) is 31.9 Å². The highest BCUT2D eigenvalue weighted by Gasteiger charge is 2.30. The number of amides is 3. The lowest BCUT2D eigenvalue weighted by Crippen LogP contribution is -2.43. The number of para-hydroxylation sites is 1. The Hall–Kier alpha value is -2.94. The van der Waals surface area contributed by atoms with Gasteiger partial charge in [-0.15, -0.1) is 11.3 Å². The molecule has 148 valence electrons. The number of carbonyl (C=O) groups is 3. The molecule has 1 aliphatic heterocycles. The molecular weight excluding hydrogens is 380 g/mol. The average molecular weight is 402 g/mol. The van der Waals surface area contributed by atoms with E-state index in [1.165, 1.54) is 11.3 Å². The number of rotatable bonds is 5. The van der Waals surface area contributed by atoms with Crippen molar-refractivity contribution in [2.75, 3.05) is 30.3 Å². The second-order valence-corrected chi connectivity index (χ2v) is 7.18. The van der Waals surface area contributed by atoms with Gasteiger partial charge in [0.25, 0.3) is 5.91 Å². The number of hydrogen-bond donors (Lipinski definition) is 2. The first-order valence-corrected chi connectivity index (χ1v) is 9.99. The van der Waals surface area contributed by atoms with Gasteiger partial charge in [-0.3, -0.25) is 14.9 Å². The third-order valence-electron chi connectivity index (χ3n) is 4.30. The molecule has 0 spiro atoms. The molecule has 0 radical (unpaired) electrons. The van der Waals surface area contributed by atoms with Gasteiger partial charge in [0.2, 0.25) is 0 Å². The SMILES string of the molecule is CCOC(=O)C1CCCN(C(=O)c2csc(NC(=O)Nc3ccccc3)n2)C1. The molecule has 0 aliphatic carbocycles. The van der Waals surface area contributed by atoms with Crippen molar-refractivity contribution in [2.24, 2.45) is 5.92 Å². The third-order valence-corrected chi connectivity index (χ3v) is 5.06. The molecule has 1 fully saturated rings. The number of piperidine rings is 1. The normalized spacial score (nSPS) is 16.3. The van der Waals surface area contributed by atoms with Crippen molar-refractivity contribution in [3.05, 3.63) is 41.4 Å². The highest BCUT2D eigenvalue weighted by Crippen LogP contribution is 2.22. The van der Waals surface area contributed by atoms with Crippen molar-refractivity contribution in [2.45, 2.75) is 19.8 Å². The van der Waals surface area contributed by atoms with Gasteiger partial charge in [-0.1, -0.05) is 18.2 Å². The Bertz CT molecular complexity index is 839. The third kappa shape index (κ3) is 5.07. The molecule has 1 aromatic heterocycles. The second-order valence-electron chi connectivity index (χ2n) is 6.33. The first-order chi connectivity index (χ1) is 13.6. The summed E-state index contributed by atoms with van der Waals surface area (Å²) >= 11 is 1.17. The zero-order chi connectivity index (χ0) is 19.9. The highest BCUT2D eigenvalue weighted by atomic mass is 32.1. The molecule has 1 aliphatic rings. The number of hydrogen-bond acceptors (Lipinski definition) is 6. The molecule has 2 N–H and O–H groups in total. The fourth-order valence-electron chi connectivity index (χ4n) is 2.99. The van der Waals surface area contributed by atoms with Crippen LogP contribution < -0.4 is 10.6 Å². The minimum atomic E-state index is -0.431. The summed E-state index contributed by atoms with van der Waals surface area (Å²) in [4.78, 5) is 42.5. The fourth-order valence-corrected chi connectivity index (χ4v) is 3.67. The maximum Gasteiger partial charge on any atom is 0.325 e. The summed E-state index contributed by atoms with van der Waals surface area (Å²) in [6.07, 6.45) is 1.45. The molecular formula is C19H22N4O4S. The first-order valence-electron chi connectivity index (χ1n) is 9.11. The summed E-state index contributed by atoms with van der Waals surface area (Å²) in [6.45, 7) is 2.99. The molecule has 3 rings (SSSR count). The Morgan fingerprint density at radius 3 is 2.79 bits per heavy atom. The van der Waals surface area contributed by atoms with E-state index < -0.39 is 6.03 Å². The maximum atomic E-state index is 12.7. The monoisotopic (exact) mass is 402 g/mol. The number of anilines is 2. The van der Waals surface area contributed by atoms with Crippen molar-refractivity contribution in [1.29, 1.82) is 0 Å². The first kappa shape index (κ1) is 19.8. The van der Waals surface area contributed by atoms with Gasteiger partial charge in [0.05, 0.1) is 12.5 Å². The standard InChI is InChI=1S/C19H22N4O4S/c1-2-27-17(25)13-7-6-10-23(11-13)16(24)15-12-28-19(21-15)22-18(26)20-14-8-4-3-5-9-14/h3-5,8-9,12-13H,2,6-7,10-11H2,1H3,(H2,20,21,22,26). The number of ether oxygens (including phenoxy) is 1. The predicted molar refractivity (Wildman–Crippen MR) is 106 cm³/mol. The Labute approximate surface area is 166 Å². The molecule has 0 saturated carbocycles. The van der Waals surface area contributed by atoms with E-state index in [-0.39, 0.29) is 23.5 Å². The van der Waals surface area contributed by atoms with E-state index in [9.17, 15) is 14.4 Å². The van der Waals surface area contributed by atoms with E-state index in [0.717, 1.165) is 6.42 Å². The molecule has 2 aromatic rings. The molecule has 8 nitrogen and oxygen atoms in total. The largest absolute Gasteiger partial charge is 0.466 e. The van der Waals surface area contributed by atoms with Crippen LogP contribution in [0.25, 0.3) is 0 Å². The summed E-state index contributed by atoms with van der Waals surface area (Å²) in [5.41, 5.74) is 0.913. The van der Waals surface area contributed by atoms with Crippen LogP contribution in [0.4, 0.5) is 15.6 Å². The average Bonchev–Trinajstić information content (AvgIpc) is 3.16. The van der Waals surface area contributed by atoms with E-state index in [4.69, 9.17) is 4.74 Å². The molecule has 0 bridgehead atoms. The second kappa shape index (κ2) is 9.32. The molecule has 1 atom stereocenters. The number of benzene rings is 1. The quantitative estimate of drug-likeness (QED) is 0.748. The topological polar surface area (TPSA) is 101 Å². The smallest absolute Gasteiger partial charge is 0.325 e. The number of nitrogens with one attached hydrogen (secondary N) is 2. The highest BCUT2D eigenvalue weighted by molar-refractivity contribution is 7.14. The lowest BCUT2D eigenvalue weighted by atomic mass is 9.98. The maximum absolute atomic E-state index is 12.7. The van der Waals surface area contributed by atoms with Gasteiger partial charge in [0, 0.05) is 24.2 Å².